The first-order valence-electron chi connectivity index (χ1n) is 7.78. The largest absolute Gasteiger partial charge is 0.352 e. The Morgan fingerprint density at radius 1 is 1.20 bits per heavy atom. The van der Waals surface area contributed by atoms with Crippen molar-refractivity contribution in [1.82, 2.24) is 10.2 Å². The standard InChI is InChI=1S/C17H26N2O/c1-15-7-6-8-16(13-15)14-18-17(20)9-12-19-10-4-2-3-5-11-19/h6-8,13H,2-5,9-12,14H2,1H3,(H,18,20). The first kappa shape index (κ1) is 15.0. The maximum absolute atomic E-state index is 11.9. The highest BCUT2D eigenvalue weighted by molar-refractivity contribution is 5.76. The zero-order chi connectivity index (χ0) is 14.2. The molecule has 0 radical (unpaired) electrons. The van der Waals surface area contributed by atoms with Gasteiger partial charge in [-0.3, -0.25) is 4.79 Å². The topological polar surface area (TPSA) is 32.3 Å². The summed E-state index contributed by atoms with van der Waals surface area (Å²) in [6, 6.07) is 8.29. The maximum Gasteiger partial charge on any atom is 0.221 e. The minimum Gasteiger partial charge on any atom is -0.352 e. The normalized spacial score (nSPS) is 16.6. The molecule has 1 aromatic rings. The molecule has 1 aliphatic rings. The quantitative estimate of drug-likeness (QED) is 0.895. The Morgan fingerprint density at radius 3 is 2.65 bits per heavy atom. The van der Waals surface area contributed by atoms with Gasteiger partial charge in [0.15, 0.2) is 0 Å². The summed E-state index contributed by atoms with van der Waals surface area (Å²) >= 11 is 0. The van der Waals surface area contributed by atoms with E-state index in [4.69, 9.17) is 0 Å². The number of nitrogens with zero attached hydrogens (tertiary/aromatic N) is 1. The Kier molecular flexibility index (Phi) is 6.06. The molecule has 1 saturated heterocycles. The first-order valence-corrected chi connectivity index (χ1v) is 7.78. The molecule has 1 aromatic carbocycles. The van der Waals surface area contributed by atoms with Gasteiger partial charge in [-0.05, 0) is 38.4 Å². The highest BCUT2D eigenvalue weighted by Crippen LogP contribution is 2.09. The van der Waals surface area contributed by atoms with Crippen LogP contribution in [0, 0.1) is 6.92 Å². The van der Waals surface area contributed by atoms with Gasteiger partial charge in [0.25, 0.3) is 0 Å². The minimum absolute atomic E-state index is 0.163. The molecule has 0 aliphatic carbocycles. The number of hydrogen-bond donors (Lipinski definition) is 1. The van der Waals surface area contributed by atoms with E-state index in [-0.39, 0.29) is 5.91 Å². The lowest BCUT2D eigenvalue weighted by Gasteiger charge is -2.19. The number of nitrogens with one attached hydrogen (secondary N) is 1. The van der Waals surface area contributed by atoms with Gasteiger partial charge in [0.2, 0.25) is 5.91 Å². The molecule has 0 atom stereocenters. The molecule has 20 heavy (non-hydrogen) atoms. The first-order chi connectivity index (χ1) is 9.74. The van der Waals surface area contributed by atoms with E-state index in [1.165, 1.54) is 36.8 Å². The van der Waals surface area contributed by atoms with E-state index in [1.54, 1.807) is 0 Å². The third-order valence-corrected chi connectivity index (χ3v) is 3.93. The van der Waals surface area contributed by atoms with E-state index in [0.717, 1.165) is 19.6 Å². The fourth-order valence-corrected chi connectivity index (χ4v) is 2.73. The summed E-state index contributed by atoms with van der Waals surface area (Å²) in [5, 5.41) is 3.02. The van der Waals surface area contributed by atoms with Crippen molar-refractivity contribution in [2.24, 2.45) is 0 Å². The van der Waals surface area contributed by atoms with Gasteiger partial charge < -0.3 is 10.2 Å². The van der Waals surface area contributed by atoms with Crippen LogP contribution in [0.1, 0.15) is 43.2 Å². The Balaban J connectivity index is 1.67. The Hall–Kier alpha value is -1.35. The molecule has 1 heterocycles. The van der Waals surface area contributed by atoms with Gasteiger partial charge >= 0.3 is 0 Å². The maximum atomic E-state index is 11.9. The van der Waals surface area contributed by atoms with Gasteiger partial charge in [-0.25, -0.2) is 0 Å². The van der Waals surface area contributed by atoms with Crippen LogP contribution in [0.15, 0.2) is 24.3 Å². The van der Waals surface area contributed by atoms with Crippen molar-refractivity contribution in [2.45, 2.75) is 45.6 Å². The summed E-state index contributed by atoms with van der Waals surface area (Å²) in [7, 11) is 0. The molecule has 0 aromatic heterocycles. The summed E-state index contributed by atoms with van der Waals surface area (Å²) in [6.45, 7) is 5.93. The van der Waals surface area contributed by atoms with Crippen molar-refractivity contribution in [1.29, 1.82) is 0 Å². The van der Waals surface area contributed by atoms with Crippen molar-refractivity contribution >= 4 is 5.91 Å². The summed E-state index contributed by atoms with van der Waals surface area (Å²) in [5.41, 5.74) is 2.41. The highest BCUT2D eigenvalue weighted by atomic mass is 16.1. The molecule has 110 valence electrons. The van der Waals surface area contributed by atoms with Crippen LogP contribution < -0.4 is 5.32 Å². The number of rotatable bonds is 5. The van der Waals surface area contributed by atoms with Gasteiger partial charge in [-0.15, -0.1) is 0 Å². The Morgan fingerprint density at radius 2 is 1.95 bits per heavy atom. The summed E-state index contributed by atoms with van der Waals surface area (Å²) in [6.07, 6.45) is 5.87. The van der Waals surface area contributed by atoms with E-state index in [9.17, 15) is 4.79 Å². The number of aryl methyl sites for hydroxylation is 1. The van der Waals surface area contributed by atoms with Gasteiger partial charge in [0.05, 0.1) is 0 Å². The molecule has 3 heteroatoms. The molecule has 0 bridgehead atoms. The number of hydrogen-bond acceptors (Lipinski definition) is 2. The third kappa shape index (κ3) is 5.33. The second kappa shape index (κ2) is 8.05. The van der Waals surface area contributed by atoms with E-state index >= 15 is 0 Å². The van der Waals surface area contributed by atoms with Crippen LogP contribution in [0.2, 0.25) is 0 Å². The third-order valence-electron chi connectivity index (χ3n) is 3.93. The van der Waals surface area contributed by atoms with Gasteiger partial charge in [0.1, 0.15) is 0 Å². The van der Waals surface area contributed by atoms with Gasteiger partial charge in [-0.1, -0.05) is 42.7 Å². The fourth-order valence-electron chi connectivity index (χ4n) is 2.73. The summed E-state index contributed by atoms with van der Waals surface area (Å²) in [4.78, 5) is 14.3. The molecule has 1 aliphatic heterocycles. The minimum atomic E-state index is 0.163. The van der Waals surface area contributed by atoms with Crippen LogP contribution in [0.3, 0.4) is 0 Å². The van der Waals surface area contributed by atoms with Crippen LogP contribution in [-0.4, -0.2) is 30.4 Å². The molecule has 1 N–H and O–H groups in total. The molecule has 3 nitrogen and oxygen atoms in total. The molecule has 1 amide bonds. The van der Waals surface area contributed by atoms with Crippen molar-refractivity contribution in [3.05, 3.63) is 35.4 Å². The lowest BCUT2D eigenvalue weighted by molar-refractivity contribution is -0.121. The average Bonchev–Trinajstić information content (AvgIpc) is 2.71. The number of amides is 1. The zero-order valence-corrected chi connectivity index (χ0v) is 12.5. The van der Waals surface area contributed by atoms with E-state index < -0.39 is 0 Å². The highest BCUT2D eigenvalue weighted by Gasteiger charge is 2.10. The van der Waals surface area contributed by atoms with Crippen LogP contribution in [0.5, 0.6) is 0 Å². The van der Waals surface area contributed by atoms with Crippen LogP contribution in [0.4, 0.5) is 0 Å². The van der Waals surface area contributed by atoms with Crippen molar-refractivity contribution in [3.63, 3.8) is 0 Å². The Bertz CT molecular complexity index is 423. The van der Waals surface area contributed by atoms with Crippen molar-refractivity contribution in [3.8, 4) is 0 Å². The average molecular weight is 274 g/mol. The van der Waals surface area contributed by atoms with E-state index in [0.29, 0.717) is 13.0 Å². The number of likely N-dealkylation sites (tertiary alicyclic amines) is 1. The second-order valence-electron chi connectivity index (χ2n) is 5.77. The van der Waals surface area contributed by atoms with Crippen LogP contribution in [0.25, 0.3) is 0 Å². The van der Waals surface area contributed by atoms with Crippen molar-refractivity contribution < 1.29 is 4.79 Å². The van der Waals surface area contributed by atoms with Crippen molar-refractivity contribution in [2.75, 3.05) is 19.6 Å². The Labute approximate surface area is 122 Å². The predicted octanol–water partition coefficient (Wildman–Crippen LogP) is 2.88. The molecule has 0 unspecified atom stereocenters. The lowest BCUT2D eigenvalue weighted by atomic mass is 10.1. The monoisotopic (exact) mass is 274 g/mol. The van der Waals surface area contributed by atoms with E-state index in [1.807, 2.05) is 6.07 Å². The van der Waals surface area contributed by atoms with Crippen LogP contribution >= 0.6 is 0 Å². The van der Waals surface area contributed by atoms with Gasteiger partial charge in [0, 0.05) is 19.5 Å². The number of benzene rings is 1. The SMILES string of the molecule is Cc1cccc(CNC(=O)CCN2CCCCCC2)c1. The smallest absolute Gasteiger partial charge is 0.221 e. The molecule has 0 spiro atoms. The summed E-state index contributed by atoms with van der Waals surface area (Å²) in [5.74, 6) is 0.163. The second-order valence-corrected chi connectivity index (χ2v) is 5.77. The molecular formula is C17H26N2O. The molecular weight excluding hydrogens is 248 g/mol. The number of carbonyl (C=O) groups is 1. The predicted molar refractivity (Wildman–Crippen MR) is 82.6 cm³/mol. The molecule has 1 fully saturated rings. The number of carbonyl (C=O) groups excluding carboxylic acids is 1. The van der Waals surface area contributed by atoms with Crippen LogP contribution in [-0.2, 0) is 11.3 Å². The fraction of sp³-hybridized carbons (Fsp3) is 0.588. The zero-order valence-electron chi connectivity index (χ0n) is 12.5. The molecule has 2 rings (SSSR count). The lowest BCUT2D eigenvalue weighted by Crippen LogP contribution is -2.31. The van der Waals surface area contributed by atoms with Gasteiger partial charge in [-0.2, -0.15) is 0 Å². The molecule has 0 saturated carbocycles. The van der Waals surface area contributed by atoms with E-state index in [2.05, 4.69) is 35.3 Å². The summed E-state index contributed by atoms with van der Waals surface area (Å²) < 4.78 is 0.